The molecule has 0 aliphatic heterocycles. The maximum absolute atomic E-state index is 6.89. The molecular formula is C63H40N4O. The summed E-state index contributed by atoms with van der Waals surface area (Å²) in [6.07, 6.45) is 0. The molecule has 13 aromatic rings. The monoisotopic (exact) mass is 868 g/mol. The van der Waals surface area contributed by atoms with Crippen molar-refractivity contribution in [2.75, 3.05) is 0 Å². The number of nitrogens with zero attached hydrogens (tertiary/aromatic N) is 4. The summed E-state index contributed by atoms with van der Waals surface area (Å²) in [5, 5.41) is 4.35. The van der Waals surface area contributed by atoms with Crippen LogP contribution in [0.2, 0.25) is 0 Å². The second-order valence-electron chi connectivity index (χ2n) is 17.1. The molecule has 13 rings (SSSR count). The smallest absolute Gasteiger partial charge is 0.164 e. The van der Waals surface area contributed by atoms with Crippen LogP contribution in [-0.4, -0.2) is 19.5 Å². The zero-order valence-electron chi connectivity index (χ0n) is 36.8. The number of benzene rings is 10. The Morgan fingerprint density at radius 1 is 0.294 bits per heavy atom. The van der Waals surface area contributed by atoms with E-state index in [2.05, 4.69) is 211 Å². The van der Waals surface area contributed by atoms with E-state index in [9.17, 15) is 0 Å². The van der Waals surface area contributed by atoms with Crippen molar-refractivity contribution in [3.05, 3.63) is 243 Å². The van der Waals surface area contributed by atoms with E-state index in [1.807, 2.05) is 36.4 Å². The molecule has 0 radical (unpaired) electrons. The summed E-state index contributed by atoms with van der Waals surface area (Å²) in [4.78, 5) is 15.7. The van der Waals surface area contributed by atoms with E-state index in [0.29, 0.717) is 17.5 Å². The van der Waals surface area contributed by atoms with Gasteiger partial charge in [-0.05, 0) is 99.1 Å². The largest absolute Gasteiger partial charge is 0.455 e. The summed E-state index contributed by atoms with van der Waals surface area (Å²) >= 11 is 0. The molecule has 0 aliphatic carbocycles. The summed E-state index contributed by atoms with van der Waals surface area (Å²) < 4.78 is 9.22. The van der Waals surface area contributed by atoms with Gasteiger partial charge in [-0.15, -0.1) is 0 Å². The van der Waals surface area contributed by atoms with E-state index in [1.54, 1.807) is 0 Å². The van der Waals surface area contributed by atoms with Gasteiger partial charge in [-0.25, -0.2) is 15.0 Å². The fourth-order valence-electron chi connectivity index (χ4n) is 9.85. The molecule has 0 fully saturated rings. The maximum Gasteiger partial charge on any atom is 0.164 e. The lowest BCUT2D eigenvalue weighted by molar-refractivity contribution is 0.673. The zero-order valence-corrected chi connectivity index (χ0v) is 36.8. The molecule has 3 aromatic heterocycles. The Labute approximate surface area is 392 Å². The van der Waals surface area contributed by atoms with Gasteiger partial charge >= 0.3 is 0 Å². The minimum absolute atomic E-state index is 0.586. The van der Waals surface area contributed by atoms with Crippen LogP contribution in [0, 0.1) is 0 Å². The number of aromatic nitrogens is 4. The van der Waals surface area contributed by atoms with Gasteiger partial charge in [0.05, 0.1) is 16.4 Å². The van der Waals surface area contributed by atoms with Gasteiger partial charge in [-0.1, -0.05) is 188 Å². The van der Waals surface area contributed by atoms with Crippen molar-refractivity contribution in [2.45, 2.75) is 0 Å². The van der Waals surface area contributed by atoms with Crippen LogP contribution >= 0.6 is 0 Å². The standard InChI is InChI=1S/C63H40N4O/c1-6-18-41(19-7-1)45-30-33-49(42-20-8-2-9-21-42)53(38-45)47-31-34-50(55(40-47)63-65-61(43-22-10-3-11-23-43)64-62(66-63)44-24-12-4-13-25-44)46-32-37-58-54(39-46)51-35-36-57-59(60(51)68-58)52-28-16-17-29-56(52)67(57)48-26-14-5-15-27-48/h1-40H. The maximum atomic E-state index is 6.89. The van der Waals surface area contributed by atoms with E-state index < -0.39 is 0 Å². The van der Waals surface area contributed by atoms with E-state index in [1.165, 1.54) is 0 Å². The topological polar surface area (TPSA) is 56.7 Å². The Hall–Kier alpha value is -9.19. The van der Waals surface area contributed by atoms with Gasteiger partial charge in [0.15, 0.2) is 17.5 Å². The second kappa shape index (κ2) is 16.4. The van der Waals surface area contributed by atoms with Crippen LogP contribution in [0.25, 0.3) is 128 Å². The quantitative estimate of drug-likeness (QED) is 0.153. The molecule has 0 saturated carbocycles. The highest BCUT2D eigenvalue weighted by Crippen LogP contribution is 2.44. The molecule has 318 valence electrons. The van der Waals surface area contributed by atoms with Crippen molar-refractivity contribution in [2.24, 2.45) is 0 Å². The Balaban J connectivity index is 1.06. The SMILES string of the molecule is c1ccc(-c2ccc(-c3ccccc3)c(-c3ccc(-c4ccc5oc6c(ccc7c6c6ccccc6n7-c6ccccc6)c5c4)c(-c4nc(-c5ccccc5)nc(-c5ccccc5)n4)c3)c2)cc1. The first-order chi connectivity index (χ1) is 33.7. The predicted octanol–water partition coefficient (Wildman–Crippen LogP) is 16.5. The first kappa shape index (κ1) is 39.2. The van der Waals surface area contributed by atoms with Gasteiger partial charge in [0.1, 0.15) is 11.2 Å². The van der Waals surface area contributed by atoms with E-state index in [-0.39, 0.29) is 0 Å². The lowest BCUT2D eigenvalue weighted by Crippen LogP contribution is -2.01. The Kier molecular flexibility index (Phi) is 9.43. The third kappa shape index (κ3) is 6.76. The molecule has 0 bridgehead atoms. The van der Waals surface area contributed by atoms with Crippen LogP contribution in [0.5, 0.6) is 0 Å². The molecule has 0 amide bonds. The minimum atomic E-state index is 0.586. The van der Waals surface area contributed by atoms with Crippen LogP contribution in [0.3, 0.4) is 0 Å². The van der Waals surface area contributed by atoms with Gasteiger partial charge in [0, 0.05) is 38.5 Å². The summed E-state index contributed by atoms with van der Waals surface area (Å²) in [6, 6.07) is 85.2. The minimum Gasteiger partial charge on any atom is -0.455 e. The molecule has 0 aliphatic rings. The molecule has 0 atom stereocenters. The summed E-state index contributed by atoms with van der Waals surface area (Å²) in [5.41, 5.74) is 16.5. The lowest BCUT2D eigenvalue weighted by Gasteiger charge is -2.17. The molecule has 5 heteroatoms. The Bertz CT molecular complexity index is 3940. The van der Waals surface area contributed by atoms with E-state index in [0.717, 1.165) is 111 Å². The van der Waals surface area contributed by atoms with Crippen molar-refractivity contribution >= 4 is 43.7 Å². The first-order valence-corrected chi connectivity index (χ1v) is 22.9. The Morgan fingerprint density at radius 3 is 1.49 bits per heavy atom. The fraction of sp³-hybridized carbons (Fsp3) is 0. The van der Waals surface area contributed by atoms with Gasteiger partial charge in [0.2, 0.25) is 0 Å². The number of hydrogen-bond acceptors (Lipinski definition) is 4. The molecule has 0 saturated heterocycles. The van der Waals surface area contributed by atoms with Crippen molar-refractivity contribution in [1.82, 2.24) is 19.5 Å². The number of fused-ring (bicyclic) bond motifs is 7. The highest BCUT2D eigenvalue weighted by molar-refractivity contribution is 6.24. The summed E-state index contributed by atoms with van der Waals surface area (Å²) in [6.45, 7) is 0. The van der Waals surface area contributed by atoms with E-state index >= 15 is 0 Å². The van der Waals surface area contributed by atoms with Gasteiger partial charge in [-0.3, -0.25) is 0 Å². The normalized spacial score (nSPS) is 11.5. The van der Waals surface area contributed by atoms with Crippen LogP contribution in [0.15, 0.2) is 247 Å². The molecule has 0 unspecified atom stereocenters. The number of hydrogen-bond donors (Lipinski definition) is 0. The van der Waals surface area contributed by atoms with Crippen LogP contribution in [-0.2, 0) is 0 Å². The van der Waals surface area contributed by atoms with Crippen molar-refractivity contribution < 1.29 is 4.42 Å². The number of rotatable bonds is 8. The summed E-state index contributed by atoms with van der Waals surface area (Å²) in [5.74, 6) is 1.80. The van der Waals surface area contributed by atoms with Crippen molar-refractivity contribution in [3.8, 4) is 84.4 Å². The molecule has 0 N–H and O–H groups in total. The average Bonchev–Trinajstić information content (AvgIpc) is 3.97. The zero-order chi connectivity index (χ0) is 45.0. The highest BCUT2D eigenvalue weighted by Gasteiger charge is 2.22. The third-order valence-corrected chi connectivity index (χ3v) is 13.1. The average molecular weight is 869 g/mol. The molecule has 68 heavy (non-hydrogen) atoms. The molecular weight excluding hydrogens is 829 g/mol. The molecule has 3 heterocycles. The number of furan rings is 1. The van der Waals surface area contributed by atoms with Crippen LogP contribution < -0.4 is 0 Å². The lowest BCUT2D eigenvalue weighted by atomic mass is 9.88. The van der Waals surface area contributed by atoms with Crippen molar-refractivity contribution in [3.63, 3.8) is 0 Å². The predicted molar refractivity (Wildman–Crippen MR) is 279 cm³/mol. The van der Waals surface area contributed by atoms with E-state index in [4.69, 9.17) is 19.4 Å². The van der Waals surface area contributed by atoms with Gasteiger partial charge < -0.3 is 8.98 Å². The Morgan fingerprint density at radius 2 is 0.809 bits per heavy atom. The van der Waals surface area contributed by atoms with Gasteiger partial charge in [0.25, 0.3) is 0 Å². The van der Waals surface area contributed by atoms with Crippen molar-refractivity contribution in [1.29, 1.82) is 0 Å². The molecule has 10 aromatic carbocycles. The first-order valence-electron chi connectivity index (χ1n) is 22.9. The molecule has 5 nitrogen and oxygen atoms in total. The van der Waals surface area contributed by atoms with Crippen LogP contribution in [0.1, 0.15) is 0 Å². The van der Waals surface area contributed by atoms with Crippen LogP contribution in [0.4, 0.5) is 0 Å². The number of para-hydroxylation sites is 2. The van der Waals surface area contributed by atoms with Gasteiger partial charge in [-0.2, -0.15) is 0 Å². The fourth-order valence-corrected chi connectivity index (χ4v) is 9.85. The second-order valence-corrected chi connectivity index (χ2v) is 17.1. The molecule has 0 spiro atoms. The highest BCUT2D eigenvalue weighted by atomic mass is 16.3. The summed E-state index contributed by atoms with van der Waals surface area (Å²) in [7, 11) is 0. The third-order valence-electron chi connectivity index (χ3n) is 13.1.